The largest absolute Gasteiger partial charge is 0.308 e. The van der Waals surface area contributed by atoms with Crippen LogP contribution in [0.5, 0.6) is 0 Å². The number of nitrogens with zero attached hydrogens (tertiary/aromatic N) is 2. The molecule has 4 heteroatoms. The highest BCUT2D eigenvalue weighted by Crippen LogP contribution is 2.50. The van der Waals surface area contributed by atoms with E-state index in [2.05, 4.69) is 71.3 Å². The predicted octanol–water partition coefficient (Wildman–Crippen LogP) is 7.47. The summed E-state index contributed by atoms with van der Waals surface area (Å²) in [4.78, 5) is 5.13. The average Bonchev–Trinajstić information content (AvgIpc) is 3.41. The van der Waals surface area contributed by atoms with Gasteiger partial charge in [0.1, 0.15) is 5.82 Å². The van der Waals surface area contributed by atoms with Gasteiger partial charge in [0.05, 0.1) is 16.7 Å². The lowest BCUT2D eigenvalue weighted by atomic mass is 10.00. The van der Waals surface area contributed by atoms with Crippen molar-refractivity contribution in [3.63, 3.8) is 0 Å². The molecule has 0 amide bonds. The van der Waals surface area contributed by atoms with E-state index in [9.17, 15) is 0 Å². The van der Waals surface area contributed by atoms with Crippen molar-refractivity contribution in [2.45, 2.75) is 0 Å². The van der Waals surface area contributed by atoms with E-state index in [0.29, 0.717) is 0 Å². The van der Waals surface area contributed by atoms with Crippen molar-refractivity contribution < 1.29 is 4.57 Å². The summed E-state index contributed by atoms with van der Waals surface area (Å²) >= 11 is 0. The summed E-state index contributed by atoms with van der Waals surface area (Å²) < 4.78 is 17.3. The minimum Gasteiger partial charge on any atom is -0.308 e. The fourth-order valence-corrected chi connectivity index (χ4v) is 8.96. The molecule has 8 rings (SSSR count). The summed E-state index contributed by atoms with van der Waals surface area (Å²) in [5.74, 6) is 0.859. The molecule has 1 unspecified atom stereocenters. The summed E-state index contributed by atoms with van der Waals surface area (Å²) in [7, 11) is -3.08. The van der Waals surface area contributed by atoms with Gasteiger partial charge in [-0.2, -0.15) is 0 Å². The van der Waals surface area contributed by atoms with Crippen LogP contribution in [0.1, 0.15) is 0 Å². The van der Waals surface area contributed by atoms with Gasteiger partial charge in [-0.3, -0.25) is 4.57 Å². The molecule has 0 aliphatic carbocycles. The molecule has 1 aliphatic heterocycles. The number of aromatic nitrogens is 2. The van der Waals surface area contributed by atoms with Crippen LogP contribution in [0, 0.1) is 0 Å². The van der Waals surface area contributed by atoms with Crippen molar-refractivity contribution in [3.8, 4) is 28.2 Å². The van der Waals surface area contributed by atoms with Gasteiger partial charge >= 0.3 is 0 Å². The maximum Gasteiger partial charge on any atom is 0.175 e. The molecule has 2 heterocycles. The van der Waals surface area contributed by atoms with Gasteiger partial charge in [0, 0.05) is 21.5 Å². The molecule has 0 spiro atoms. The number of fused-ring (bicyclic) bond motifs is 3. The third-order valence-corrected chi connectivity index (χ3v) is 10.9. The molecule has 0 saturated heterocycles. The number of imidazole rings is 1. The second-order valence-electron chi connectivity index (χ2n) is 9.99. The van der Waals surface area contributed by atoms with Crippen LogP contribution in [0.3, 0.4) is 0 Å². The average molecular weight is 519 g/mol. The fraction of sp³-hybridized carbons (Fsp3) is 0. The zero-order valence-corrected chi connectivity index (χ0v) is 21.9. The summed E-state index contributed by atoms with van der Waals surface area (Å²) in [5, 5.41) is 4.88. The molecule has 1 aliphatic rings. The first-order chi connectivity index (χ1) is 19.2. The zero-order valence-electron chi connectivity index (χ0n) is 21.0. The molecule has 1 aromatic heterocycles. The van der Waals surface area contributed by atoms with Crippen LogP contribution in [0.4, 0.5) is 0 Å². The first kappa shape index (κ1) is 22.3. The Morgan fingerprint density at radius 1 is 0.538 bits per heavy atom. The molecule has 7 aromatic rings. The Morgan fingerprint density at radius 3 is 1.97 bits per heavy atom. The van der Waals surface area contributed by atoms with Gasteiger partial charge in [-0.1, -0.05) is 103 Å². The lowest BCUT2D eigenvalue weighted by Crippen LogP contribution is -2.32. The quantitative estimate of drug-likeness (QED) is 0.228. The van der Waals surface area contributed by atoms with E-state index in [-0.39, 0.29) is 0 Å². The van der Waals surface area contributed by atoms with Crippen LogP contribution in [-0.4, -0.2) is 9.55 Å². The number of hydrogen-bond donors (Lipinski definition) is 0. The smallest absolute Gasteiger partial charge is 0.175 e. The van der Waals surface area contributed by atoms with Gasteiger partial charge in [-0.25, -0.2) is 4.98 Å². The van der Waals surface area contributed by atoms with Crippen LogP contribution in [0.2, 0.25) is 0 Å². The van der Waals surface area contributed by atoms with E-state index in [1.54, 1.807) is 0 Å². The Bertz CT molecular complexity index is 2100. The van der Waals surface area contributed by atoms with Crippen molar-refractivity contribution in [1.29, 1.82) is 0 Å². The van der Waals surface area contributed by atoms with Gasteiger partial charge in [-0.15, -0.1) is 0 Å². The SMILES string of the molecule is O=P1(c2ccccc2)c2ccccc2-n2c(-c3ccc4cc(-c5ccccc5)ccc4c3)nc3cccc1c32. The summed E-state index contributed by atoms with van der Waals surface area (Å²) in [6.07, 6.45) is 0. The van der Waals surface area contributed by atoms with Crippen molar-refractivity contribution in [3.05, 3.63) is 140 Å². The number of para-hydroxylation sites is 2. The first-order valence-corrected chi connectivity index (χ1v) is 14.8. The highest BCUT2D eigenvalue weighted by molar-refractivity contribution is 7.86. The maximum atomic E-state index is 15.1. The second-order valence-corrected chi connectivity index (χ2v) is 12.7. The summed E-state index contributed by atoms with van der Waals surface area (Å²) in [5.41, 5.74) is 6.15. The van der Waals surface area contributed by atoms with Crippen molar-refractivity contribution in [1.82, 2.24) is 9.55 Å². The van der Waals surface area contributed by atoms with Gasteiger partial charge in [0.25, 0.3) is 0 Å². The van der Waals surface area contributed by atoms with Crippen LogP contribution < -0.4 is 15.9 Å². The van der Waals surface area contributed by atoms with Crippen LogP contribution in [0.25, 0.3) is 50.0 Å². The highest BCUT2D eigenvalue weighted by Gasteiger charge is 2.39. The number of benzene rings is 6. The molecule has 3 nitrogen and oxygen atoms in total. The lowest BCUT2D eigenvalue weighted by molar-refractivity contribution is 0.592. The molecule has 39 heavy (non-hydrogen) atoms. The van der Waals surface area contributed by atoms with E-state index in [1.807, 2.05) is 72.8 Å². The topological polar surface area (TPSA) is 34.9 Å². The minimum absolute atomic E-state index is 0.844. The van der Waals surface area contributed by atoms with Gasteiger partial charge in [0.2, 0.25) is 0 Å². The molecule has 1 atom stereocenters. The third kappa shape index (κ3) is 3.24. The Labute approximate surface area is 226 Å². The van der Waals surface area contributed by atoms with E-state index in [1.165, 1.54) is 16.5 Å². The van der Waals surface area contributed by atoms with E-state index >= 15 is 4.57 Å². The molecule has 0 fully saturated rings. The normalized spacial score (nSPS) is 15.9. The molecular formula is C35H23N2OP. The van der Waals surface area contributed by atoms with E-state index in [4.69, 9.17) is 4.98 Å². The minimum atomic E-state index is -3.08. The van der Waals surface area contributed by atoms with Crippen molar-refractivity contribution >= 4 is 44.9 Å². The molecule has 0 bridgehead atoms. The van der Waals surface area contributed by atoms with Crippen LogP contribution >= 0.6 is 7.14 Å². The Balaban J connectivity index is 1.37. The molecule has 184 valence electrons. The fourth-order valence-electron chi connectivity index (χ4n) is 5.95. The molecule has 0 N–H and O–H groups in total. The van der Waals surface area contributed by atoms with Crippen LogP contribution in [-0.2, 0) is 4.57 Å². The molecular weight excluding hydrogens is 495 g/mol. The van der Waals surface area contributed by atoms with Crippen molar-refractivity contribution in [2.24, 2.45) is 0 Å². The van der Waals surface area contributed by atoms with E-state index < -0.39 is 7.14 Å². The van der Waals surface area contributed by atoms with E-state index in [0.717, 1.165) is 49.4 Å². The third-order valence-electron chi connectivity index (χ3n) is 7.78. The molecule has 0 saturated carbocycles. The lowest BCUT2D eigenvalue weighted by Gasteiger charge is -2.29. The van der Waals surface area contributed by atoms with Gasteiger partial charge in [-0.05, 0) is 58.3 Å². The summed E-state index contributed by atoms with van der Waals surface area (Å²) in [6.45, 7) is 0. The predicted molar refractivity (Wildman–Crippen MR) is 162 cm³/mol. The maximum absolute atomic E-state index is 15.1. The van der Waals surface area contributed by atoms with Crippen molar-refractivity contribution in [2.75, 3.05) is 0 Å². The van der Waals surface area contributed by atoms with Crippen LogP contribution in [0.15, 0.2) is 140 Å². The molecule has 6 aromatic carbocycles. The zero-order chi connectivity index (χ0) is 26.0. The van der Waals surface area contributed by atoms with Gasteiger partial charge in [0.15, 0.2) is 7.14 Å². The molecule has 0 radical (unpaired) electrons. The number of hydrogen-bond acceptors (Lipinski definition) is 2. The monoisotopic (exact) mass is 518 g/mol. The number of rotatable bonds is 3. The first-order valence-electron chi connectivity index (χ1n) is 13.1. The Morgan fingerprint density at radius 2 is 1.18 bits per heavy atom. The standard InChI is InChI=1S/C35H23N2OP/c38-39(29-12-5-2-6-13-29)32-16-8-7-15-31(32)37-34-30(14-9-17-33(34)39)36-35(37)28-21-20-26-22-25(18-19-27(26)23-28)24-10-3-1-4-11-24/h1-23H. The Hall–Kier alpha value is -4.72. The second kappa shape index (κ2) is 8.39. The summed E-state index contributed by atoms with van der Waals surface area (Å²) in [6, 6.07) is 47.6. The Kier molecular flexibility index (Phi) is 4.79. The van der Waals surface area contributed by atoms with Gasteiger partial charge < -0.3 is 4.57 Å². The highest BCUT2D eigenvalue weighted by atomic mass is 31.2.